The molecular weight excluding hydrogens is 374 g/mol. The van der Waals surface area contributed by atoms with E-state index in [1.807, 2.05) is 19.2 Å². The van der Waals surface area contributed by atoms with E-state index in [1.54, 1.807) is 12.9 Å². The fourth-order valence-corrected chi connectivity index (χ4v) is 3.23. The monoisotopic (exact) mass is 402 g/mol. The molecule has 1 rings (SSSR count). The minimum atomic E-state index is -1.21. The Labute approximate surface area is 166 Å². The number of carbonyl (C=O) groups is 1. The normalized spacial score (nSPS) is 13.7. The van der Waals surface area contributed by atoms with Crippen molar-refractivity contribution in [2.45, 2.75) is 57.3 Å². The van der Waals surface area contributed by atoms with Gasteiger partial charge < -0.3 is 20.8 Å². The average Bonchev–Trinajstić information content (AvgIpc) is 2.54. The number of nitrogens with zero attached hydrogens (tertiary/aromatic N) is 1. The topological polar surface area (TPSA) is 86.8 Å². The summed E-state index contributed by atoms with van der Waals surface area (Å²) in [6.45, 7) is 2.81. The lowest BCUT2D eigenvalue weighted by molar-refractivity contribution is -0.144. The van der Waals surface area contributed by atoms with Crippen molar-refractivity contribution in [2.75, 3.05) is 13.6 Å². The molecule has 4 N–H and O–H groups in total. The molecule has 0 aliphatic carbocycles. The molecule has 5 nitrogen and oxygen atoms in total. The van der Waals surface area contributed by atoms with Gasteiger partial charge in [-0.15, -0.1) is 0 Å². The van der Waals surface area contributed by atoms with E-state index in [0.717, 1.165) is 18.5 Å². The Bertz CT molecular complexity index is 590. The molecule has 0 aliphatic heterocycles. The van der Waals surface area contributed by atoms with Crippen molar-refractivity contribution in [1.29, 1.82) is 0 Å². The number of halogens is 2. The maximum Gasteiger partial charge on any atom is 0.323 e. The molecule has 0 fully saturated rings. The Balaban J connectivity index is 2.43. The smallest absolute Gasteiger partial charge is 0.323 e. The van der Waals surface area contributed by atoms with Crippen LogP contribution in [0.3, 0.4) is 0 Å². The zero-order valence-corrected chi connectivity index (χ0v) is 17.1. The highest BCUT2D eigenvalue weighted by atomic mass is 35.5. The number of carboxylic acid groups (broad SMARTS) is 1. The van der Waals surface area contributed by atoms with E-state index in [4.69, 9.17) is 28.9 Å². The Morgan fingerprint density at radius 2 is 1.88 bits per heavy atom. The van der Waals surface area contributed by atoms with E-state index in [9.17, 15) is 14.9 Å². The fraction of sp³-hybridized carbons (Fsp3) is 0.611. The van der Waals surface area contributed by atoms with Gasteiger partial charge in [0, 0.05) is 6.54 Å². The molecule has 0 saturated heterocycles. The zero-order valence-electron chi connectivity index (χ0n) is 15.5. The second kappa shape index (κ2) is 11.1. The summed E-state index contributed by atoms with van der Waals surface area (Å²) >= 11 is 11.9. The lowest BCUT2D eigenvalue weighted by Crippen LogP contribution is -2.48. The Morgan fingerprint density at radius 3 is 2.46 bits per heavy atom. The molecule has 0 aromatic heterocycles. The van der Waals surface area contributed by atoms with E-state index in [2.05, 4.69) is 4.90 Å². The molecule has 0 saturated carbocycles. The standard InChI is InChI=1S/C18H29BCl2N2O3/c1-19(26)10-4-3-8-18(22,17(24)25)9-5-11-23(2)13-14-6-7-15(20)16(21)12-14/h6-7,12,26H,3-5,8-11,13,22H2,1-2H3,(H,24,25). The number of benzene rings is 1. The van der Waals surface area contributed by atoms with Crippen LogP contribution in [0.15, 0.2) is 18.2 Å². The number of aliphatic carboxylic acids is 1. The van der Waals surface area contributed by atoms with Gasteiger partial charge in [-0.05, 0) is 56.9 Å². The second-order valence-electron chi connectivity index (χ2n) is 7.15. The predicted octanol–water partition coefficient (Wildman–Crippen LogP) is 3.77. The van der Waals surface area contributed by atoms with Gasteiger partial charge in [-0.25, -0.2) is 0 Å². The molecule has 1 aromatic rings. The number of hydrogen-bond acceptors (Lipinski definition) is 4. The number of carboxylic acids is 1. The highest BCUT2D eigenvalue weighted by Crippen LogP contribution is 2.23. The first kappa shape index (κ1) is 23.3. The molecule has 0 radical (unpaired) electrons. The van der Waals surface area contributed by atoms with Gasteiger partial charge in [0.15, 0.2) is 0 Å². The summed E-state index contributed by atoms with van der Waals surface area (Å²) in [6.07, 6.45) is 3.68. The third-order valence-corrected chi connectivity index (χ3v) is 5.26. The summed E-state index contributed by atoms with van der Waals surface area (Å²) in [7, 11) is 1.98. The van der Waals surface area contributed by atoms with Crippen LogP contribution in [0.4, 0.5) is 0 Å². The molecule has 146 valence electrons. The van der Waals surface area contributed by atoms with Crippen molar-refractivity contribution >= 4 is 36.1 Å². The molecule has 1 atom stereocenters. The van der Waals surface area contributed by atoms with Gasteiger partial charge in [0.05, 0.1) is 10.0 Å². The van der Waals surface area contributed by atoms with Crippen LogP contribution in [0.1, 0.15) is 37.7 Å². The summed E-state index contributed by atoms with van der Waals surface area (Å²) in [5.74, 6) is -0.957. The van der Waals surface area contributed by atoms with Crippen LogP contribution in [0.5, 0.6) is 0 Å². The largest absolute Gasteiger partial charge is 0.480 e. The third kappa shape index (κ3) is 8.27. The van der Waals surface area contributed by atoms with Crippen molar-refractivity contribution in [3.05, 3.63) is 33.8 Å². The van der Waals surface area contributed by atoms with Crippen LogP contribution < -0.4 is 5.73 Å². The van der Waals surface area contributed by atoms with Gasteiger partial charge in [0.2, 0.25) is 0 Å². The van der Waals surface area contributed by atoms with Crippen molar-refractivity contribution in [1.82, 2.24) is 4.90 Å². The average molecular weight is 403 g/mol. The number of hydrogen-bond donors (Lipinski definition) is 3. The van der Waals surface area contributed by atoms with Gasteiger partial charge in [-0.3, -0.25) is 4.79 Å². The van der Waals surface area contributed by atoms with Crippen LogP contribution in [-0.2, 0) is 11.3 Å². The minimum Gasteiger partial charge on any atom is -0.480 e. The number of rotatable bonds is 12. The molecule has 0 aliphatic rings. The minimum absolute atomic E-state index is 0.359. The quantitative estimate of drug-likeness (QED) is 0.366. The first-order valence-electron chi connectivity index (χ1n) is 8.97. The second-order valence-corrected chi connectivity index (χ2v) is 7.96. The van der Waals surface area contributed by atoms with Crippen molar-refractivity contribution < 1.29 is 14.9 Å². The van der Waals surface area contributed by atoms with E-state index in [1.165, 1.54) is 0 Å². The maximum absolute atomic E-state index is 11.6. The molecule has 0 spiro atoms. The fourth-order valence-electron chi connectivity index (χ4n) is 2.91. The van der Waals surface area contributed by atoms with E-state index in [-0.39, 0.29) is 6.92 Å². The summed E-state index contributed by atoms with van der Waals surface area (Å²) in [5.41, 5.74) is 5.97. The first-order valence-corrected chi connectivity index (χ1v) is 9.72. The SMILES string of the molecule is CB(O)CCCCC(N)(CCCN(C)Cc1ccc(Cl)c(Cl)c1)C(=O)O. The van der Waals surface area contributed by atoms with Crippen LogP contribution in [0, 0.1) is 0 Å². The van der Waals surface area contributed by atoms with Crippen molar-refractivity contribution in [2.24, 2.45) is 5.73 Å². The molecule has 0 amide bonds. The van der Waals surface area contributed by atoms with Gasteiger partial charge >= 0.3 is 5.97 Å². The third-order valence-electron chi connectivity index (χ3n) is 4.52. The number of unbranched alkanes of at least 4 members (excludes halogenated alkanes) is 1. The molecular formula is C18H29BCl2N2O3. The van der Waals surface area contributed by atoms with E-state index in [0.29, 0.717) is 48.6 Å². The summed E-state index contributed by atoms with van der Waals surface area (Å²) < 4.78 is 0. The van der Waals surface area contributed by atoms with Gasteiger partial charge in [-0.2, -0.15) is 0 Å². The van der Waals surface area contributed by atoms with Gasteiger partial charge in [0.1, 0.15) is 5.54 Å². The molecule has 26 heavy (non-hydrogen) atoms. The predicted molar refractivity (Wildman–Crippen MR) is 109 cm³/mol. The van der Waals surface area contributed by atoms with Crippen LogP contribution in [0.2, 0.25) is 23.2 Å². The first-order chi connectivity index (χ1) is 12.1. The zero-order chi connectivity index (χ0) is 19.7. The van der Waals surface area contributed by atoms with Crippen LogP contribution >= 0.6 is 23.2 Å². The Morgan fingerprint density at radius 1 is 1.23 bits per heavy atom. The summed E-state index contributed by atoms with van der Waals surface area (Å²) in [6, 6.07) is 5.54. The van der Waals surface area contributed by atoms with Crippen LogP contribution in [-0.4, -0.2) is 47.0 Å². The maximum atomic E-state index is 11.6. The Kier molecular flexibility index (Phi) is 9.97. The molecule has 0 heterocycles. The van der Waals surface area contributed by atoms with Gasteiger partial charge in [-0.1, -0.05) is 48.9 Å². The molecule has 0 bridgehead atoms. The van der Waals surface area contributed by atoms with Crippen molar-refractivity contribution in [3.63, 3.8) is 0 Å². The highest BCUT2D eigenvalue weighted by molar-refractivity contribution is 6.48. The van der Waals surface area contributed by atoms with Crippen molar-refractivity contribution in [3.8, 4) is 0 Å². The van der Waals surface area contributed by atoms with E-state index < -0.39 is 11.5 Å². The molecule has 1 unspecified atom stereocenters. The highest BCUT2D eigenvalue weighted by Gasteiger charge is 2.32. The molecule has 8 heteroatoms. The van der Waals surface area contributed by atoms with Crippen LogP contribution in [0.25, 0.3) is 0 Å². The summed E-state index contributed by atoms with van der Waals surface area (Å²) in [5, 5.41) is 19.8. The number of nitrogens with two attached hydrogens (primary N) is 1. The van der Waals surface area contributed by atoms with Gasteiger partial charge in [0.25, 0.3) is 6.92 Å². The lowest BCUT2D eigenvalue weighted by Gasteiger charge is -2.26. The summed E-state index contributed by atoms with van der Waals surface area (Å²) in [4.78, 5) is 13.7. The Hall–Kier alpha value is -0.785. The lowest BCUT2D eigenvalue weighted by atomic mass is 9.66. The molecule has 1 aromatic carbocycles. The van der Waals surface area contributed by atoms with E-state index >= 15 is 0 Å².